The van der Waals surface area contributed by atoms with E-state index in [2.05, 4.69) is 24.8 Å². The second-order valence-corrected chi connectivity index (χ2v) is 6.35. The fourth-order valence-electron chi connectivity index (χ4n) is 3.17. The minimum absolute atomic E-state index is 0.576. The highest BCUT2D eigenvalue weighted by Gasteiger charge is 2.20. The fraction of sp³-hybridized carbons (Fsp3) is 0.278. The van der Waals surface area contributed by atoms with E-state index in [1.54, 1.807) is 17.1 Å². The molecule has 5 heterocycles. The number of imidazole rings is 2. The summed E-state index contributed by atoms with van der Waals surface area (Å²) < 4.78 is 7.30. The van der Waals surface area contributed by atoms with Crippen LogP contribution in [-0.4, -0.2) is 60.8 Å². The summed E-state index contributed by atoms with van der Waals surface area (Å²) in [6, 6.07) is 3.90. The molecule has 4 aromatic heterocycles. The summed E-state index contributed by atoms with van der Waals surface area (Å²) in [5.74, 6) is 2.24. The largest absolute Gasteiger partial charge is 0.378 e. The number of ether oxygens (including phenoxy) is 1. The van der Waals surface area contributed by atoms with Gasteiger partial charge in [-0.05, 0) is 19.1 Å². The van der Waals surface area contributed by atoms with Crippen LogP contribution in [0, 0.1) is 6.92 Å². The molecule has 0 spiro atoms. The monoisotopic (exact) mass is 362 g/mol. The Hall–Kier alpha value is -3.33. The number of pyridine rings is 1. The number of anilines is 1. The molecule has 1 saturated heterocycles. The minimum Gasteiger partial charge on any atom is -0.378 e. The van der Waals surface area contributed by atoms with E-state index < -0.39 is 0 Å². The lowest BCUT2D eigenvalue weighted by molar-refractivity contribution is 0.122. The first-order valence-electron chi connectivity index (χ1n) is 8.80. The summed E-state index contributed by atoms with van der Waals surface area (Å²) in [4.78, 5) is 28.2. The quantitative estimate of drug-likeness (QED) is 0.593. The Morgan fingerprint density at radius 1 is 1.04 bits per heavy atom. The number of hydrogen-bond donors (Lipinski definition) is 1. The van der Waals surface area contributed by atoms with E-state index in [4.69, 9.17) is 14.7 Å². The maximum absolute atomic E-state index is 5.50. The molecule has 9 nitrogen and oxygen atoms in total. The zero-order chi connectivity index (χ0) is 18.2. The predicted molar refractivity (Wildman–Crippen MR) is 99.8 cm³/mol. The van der Waals surface area contributed by atoms with Gasteiger partial charge in [-0.15, -0.1) is 0 Å². The maximum Gasteiger partial charge on any atom is 0.237 e. The molecule has 1 aliphatic rings. The summed E-state index contributed by atoms with van der Waals surface area (Å²) in [5.41, 5.74) is 3.14. The third kappa shape index (κ3) is 2.91. The van der Waals surface area contributed by atoms with Gasteiger partial charge in [0.15, 0.2) is 5.82 Å². The molecule has 136 valence electrons. The average molecular weight is 362 g/mol. The first-order chi connectivity index (χ1) is 13.3. The van der Waals surface area contributed by atoms with Crippen molar-refractivity contribution in [3.05, 3.63) is 42.9 Å². The Labute approximate surface area is 155 Å². The Morgan fingerprint density at radius 2 is 1.93 bits per heavy atom. The highest BCUT2D eigenvalue weighted by molar-refractivity contribution is 5.88. The Morgan fingerprint density at radius 3 is 2.67 bits per heavy atom. The highest BCUT2D eigenvalue weighted by atomic mass is 16.5. The van der Waals surface area contributed by atoms with Crippen molar-refractivity contribution >= 4 is 16.9 Å². The topological polar surface area (TPSA) is 97.6 Å². The lowest BCUT2D eigenvalue weighted by Crippen LogP contribution is -2.37. The molecule has 1 N–H and O–H groups in total. The van der Waals surface area contributed by atoms with Crippen LogP contribution in [-0.2, 0) is 4.74 Å². The Balaban J connectivity index is 1.69. The summed E-state index contributed by atoms with van der Waals surface area (Å²) in [5, 5.41) is 0. The van der Waals surface area contributed by atoms with Crippen molar-refractivity contribution in [3.63, 3.8) is 0 Å². The molecule has 27 heavy (non-hydrogen) atoms. The molecule has 1 fully saturated rings. The number of nitrogens with zero attached hydrogens (tertiary/aromatic N) is 7. The number of H-pyrrole nitrogens is 1. The van der Waals surface area contributed by atoms with Crippen molar-refractivity contribution in [3.8, 4) is 17.3 Å². The third-order valence-corrected chi connectivity index (χ3v) is 4.53. The maximum atomic E-state index is 5.50. The number of nitrogens with one attached hydrogen (secondary N) is 1. The first kappa shape index (κ1) is 15.9. The number of aryl methyl sites for hydroxylation is 1. The molecule has 0 radical (unpaired) electrons. The molecular formula is C18H18N8O. The van der Waals surface area contributed by atoms with Crippen LogP contribution in [0.2, 0.25) is 0 Å². The number of morpholine rings is 1. The van der Waals surface area contributed by atoms with Crippen LogP contribution in [0.25, 0.3) is 28.4 Å². The molecule has 9 heteroatoms. The first-order valence-corrected chi connectivity index (χ1v) is 8.80. The van der Waals surface area contributed by atoms with Crippen molar-refractivity contribution in [2.24, 2.45) is 0 Å². The molecular weight excluding hydrogens is 344 g/mol. The molecule has 1 aliphatic heterocycles. The zero-order valence-corrected chi connectivity index (χ0v) is 14.8. The van der Waals surface area contributed by atoms with E-state index in [1.165, 1.54) is 0 Å². The number of fused-ring (bicyclic) bond motifs is 1. The van der Waals surface area contributed by atoms with Crippen LogP contribution < -0.4 is 4.90 Å². The zero-order valence-electron chi connectivity index (χ0n) is 14.8. The van der Waals surface area contributed by atoms with Crippen molar-refractivity contribution < 1.29 is 4.74 Å². The molecule has 0 aliphatic carbocycles. The average Bonchev–Trinajstić information content (AvgIpc) is 3.39. The van der Waals surface area contributed by atoms with Gasteiger partial charge in [0.2, 0.25) is 5.95 Å². The van der Waals surface area contributed by atoms with E-state index in [9.17, 15) is 0 Å². The van der Waals surface area contributed by atoms with Gasteiger partial charge in [0.25, 0.3) is 0 Å². The smallest absolute Gasteiger partial charge is 0.237 e. The van der Waals surface area contributed by atoms with Gasteiger partial charge in [-0.2, -0.15) is 4.98 Å². The van der Waals surface area contributed by atoms with E-state index >= 15 is 0 Å². The molecule has 0 bridgehead atoms. The molecule has 5 rings (SSSR count). The minimum atomic E-state index is 0.576. The predicted octanol–water partition coefficient (Wildman–Crippen LogP) is 1.75. The van der Waals surface area contributed by atoms with Crippen molar-refractivity contribution in [2.45, 2.75) is 6.92 Å². The lowest BCUT2D eigenvalue weighted by atomic mass is 10.2. The molecule has 0 saturated carbocycles. The van der Waals surface area contributed by atoms with Crippen molar-refractivity contribution in [1.29, 1.82) is 0 Å². The molecule has 0 aromatic carbocycles. The van der Waals surface area contributed by atoms with Gasteiger partial charge in [0, 0.05) is 31.7 Å². The lowest BCUT2D eigenvalue weighted by Gasteiger charge is -2.28. The van der Waals surface area contributed by atoms with Crippen LogP contribution in [0.3, 0.4) is 0 Å². The molecule has 0 atom stereocenters. The fourth-order valence-corrected chi connectivity index (χ4v) is 3.17. The van der Waals surface area contributed by atoms with Crippen LogP contribution in [0.5, 0.6) is 0 Å². The summed E-state index contributed by atoms with van der Waals surface area (Å²) in [7, 11) is 0. The normalized spacial score (nSPS) is 14.8. The SMILES string of the molecule is Cc1nc(-c2ccc3nc(-n4ccnc4)nc(N4CCOCC4)c3n2)c[nH]1. The van der Waals surface area contributed by atoms with Crippen LogP contribution >= 0.6 is 0 Å². The second kappa shape index (κ2) is 6.44. The van der Waals surface area contributed by atoms with Gasteiger partial charge < -0.3 is 14.6 Å². The van der Waals surface area contributed by atoms with Crippen LogP contribution in [0.15, 0.2) is 37.1 Å². The van der Waals surface area contributed by atoms with Gasteiger partial charge in [-0.1, -0.05) is 0 Å². The van der Waals surface area contributed by atoms with Gasteiger partial charge in [-0.25, -0.2) is 19.9 Å². The third-order valence-electron chi connectivity index (χ3n) is 4.53. The summed E-state index contributed by atoms with van der Waals surface area (Å²) in [6.45, 7) is 4.80. The summed E-state index contributed by atoms with van der Waals surface area (Å²) >= 11 is 0. The number of aromatic amines is 1. The number of aromatic nitrogens is 7. The number of hydrogen-bond acceptors (Lipinski definition) is 7. The van der Waals surface area contributed by atoms with E-state index in [0.717, 1.165) is 47.2 Å². The van der Waals surface area contributed by atoms with Crippen LogP contribution in [0.1, 0.15) is 5.82 Å². The van der Waals surface area contributed by atoms with E-state index in [0.29, 0.717) is 19.2 Å². The van der Waals surface area contributed by atoms with Crippen molar-refractivity contribution in [2.75, 3.05) is 31.2 Å². The van der Waals surface area contributed by atoms with Crippen molar-refractivity contribution in [1.82, 2.24) is 34.5 Å². The molecule has 0 amide bonds. The Bertz CT molecular complexity index is 1080. The highest BCUT2D eigenvalue weighted by Crippen LogP contribution is 2.27. The van der Waals surface area contributed by atoms with Gasteiger partial charge in [-0.3, -0.25) is 4.57 Å². The molecule has 0 unspecified atom stereocenters. The van der Waals surface area contributed by atoms with Gasteiger partial charge in [0.1, 0.15) is 23.4 Å². The van der Waals surface area contributed by atoms with Crippen LogP contribution in [0.4, 0.5) is 5.82 Å². The molecule has 4 aromatic rings. The van der Waals surface area contributed by atoms with E-state index in [-0.39, 0.29) is 0 Å². The summed E-state index contributed by atoms with van der Waals surface area (Å²) in [6.07, 6.45) is 7.10. The number of rotatable bonds is 3. The Kier molecular flexibility index (Phi) is 3.79. The van der Waals surface area contributed by atoms with Gasteiger partial charge >= 0.3 is 0 Å². The standard InChI is InChI=1S/C18H18N8O/c1-12-20-10-15(21-12)13-2-3-14-16(22-13)17(25-6-8-27-9-7-25)24-18(23-14)26-5-4-19-11-26/h2-5,10-11H,6-9H2,1H3,(H,20,21). The van der Waals surface area contributed by atoms with E-state index in [1.807, 2.05) is 31.5 Å². The van der Waals surface area contributed by atoms with Gasteiger partial charge in [0.05, 0.1) is 24.4 Å². The second-order valence-electron chi connectivity index (χ2n) is 6.35.